The molecule has 0 saturated heterocycles. The number of nitrogens with one attached hydrogen (secondary N) is 1. The fraction of sp³-hybridized carbons (Fsp3) is 0.367. The maximum absolute atomic E-state index is 13.7. The molecule has 7 heteroatoms. The van der Waals surface area contributed by atoms with E-state index < -0.39 is 0 Å². The van der Waals surface area contributed by atoms with E-state index in [-0.39, 0.29) is 5.91 Å². The molecule has 0 bridgehead atoms. The summed E-state index contributed by atoms with van der Waals surface area (Å²) in [5.41, 5.74) is 3.59. The van der Waals surface area contributed by atoms with E-state index in [2.05, 4.69) is 47.8 Å². The minimum absolute atomic E-state index is 0.0237. The third-order valence-electron chi connectivity index (χ3n) is 6.04. The van der Waals surface area contributed by atoms with Gasteiger partial charge >= 0.3 is 0 Å². The molecule has 4 aromatic rings. The summed E-state index contributed by atoms with van der Waals surface area (Å²) in [6.45, 7) is 10.3. The molecule has 0 spiro atoms. The van der Waals surface area contributed by atoms with Gasteiger partial charge in [0.25, 0.3) is 5.91 Å². The Morgan fingerprint density at radius 1 is 1.08 bits per heavy atom. The zero-order chi connectivity index (χ0) is 26.0. The Bertz CT molecular complexity index is 1290. The van der Waals surface area contributed by atoms with Crippen molar-refractivity contribution in [2.45, 2.75) is 46.8 Å². The lowest BCUT2D eigenvalue weighted by Crippen LogP contribution is -2.34. The van der Waals surface area contributed by atoms with Crippen molar-refractivity contribution in [1.29, 1.82) is 0 Å². The molecule has 1 amide bonds. The molecule has 0 atom stereocenters. The number of imidazole rings is 1. The van der Waals surface area contributed by atoms with Crippen LogP contribution in [-0.2, 0) is 19.6 Å². The molecule has 2 heterocycles. The van der Waals surface area contributed by atoms with Crippen LogP contribution >= 0.6 is 0 Å². The van der Waals surface area contributed by atoms with E-state index in [0.29, 0.717) is 43.5 Å². The Labute approximate surface area is 219 Å². The van der Waals surface area contributed by atoms with Gasteiger partial charge in [0.15, 0.2) is 5.65 Å². The highest BCUT2D eigenvalue weighted by Crippen LogP contribution is 2.20. The maximum Gasteiger partial charge on any atom is 0.254 e. The van der Waals surface area contributed by atoms with Gasteiger partial charge in [-0.05, 0) is 48.2 Å². The molecular formula is C30H37N5O2. The van der Waals surface area contributed by atoms with Gasteiger partial charge in [-0.25, -0.2) is 9.97 Å². The van der Waals surface area contributed by atoms with Crippen LogP contribution in [0.5, 0.6) is 5.75 Å². The summed E-state index contributed by atoms with van der Waals surface area (Å²) in [4.78, 5) is 24.9. The van der Waals surface area contributed by atoms with Crippen LogP contribution in [0.4, 0.5) is 0 Å². The molecular weight excluding hydrogens is 462 g/mol. The molecule has 0 fully saturated rings. The average Bonchev–Trinajstić information content (AvgIpc) is 3.25. The third-order valence-corrected chi connectivity index (χ3v) is 6.04. The normalized spacial score (nSPS) is 11.2. The smallest absolute Gasteiger partial charge is 0.254 e. The van der Waals surface area contributed by atoms with Gasteiger partial charge in [-0.3, -0.25) is 4.79 Å². The lowest BCUT2D eigenvalue weighted by Gasteiger charge is -2.25. The number of benzene rings is 2. The first-order chi connectivity index (χ1) is 18.0. The van der Waals surface area contributed by atoms with Gasteiger partial charge in [-0.2, -0.15) is 0 Å². The zero-order valence-corrected chi connectivity index (χ0v) is 22.1. The summed E-state index contributed by atoms with van der Waals surface area (Å²) < 4.78 is 8.08. The number of carbonyl (C=O) groups is 1. The largest absolute Gasteiger partial charge is 0.492 e. The molecule has 2 aromatic heterocycles. The van der Waals surface area contributed by atoms with Crippen LogP contribution < -0.4 is 10.1 Å². The van der Waals surface area contributed by atoms with Crippen molar-refractivity contribution in [2.24, 2.45) is 5.92 Å². The van der Waals surface area contributed by atoms with Crippen LogP contribution in [0.3, 0.4) is 0 Å². The number of ether oxygens (including phenoxy) is 1. The van der Waals surface area contributed by atoms with E-state index in [1.165, 1.54) is 5.56 Å². The number of amides is 1. The Balaban J connectivity index is 1.43. The molecule has 0 aliphatic carbocycles. The number of carbonyl (C=O) groups excluding carboxylic acids is 1. The van der Waals surface area contributed by atoms with E-state index in [0.717, 1.165) is 36.5 Å². The number of aryl methyl sites for hydroxylation is 1. The standard InChI is InChI=1S/C30H37N5O2/c1-4-17-35-28(33-27-14-9-15-32-29(27)35)22-34(21-23(2)3)30(36)25-12-8-13-26(19-25)37-18-16-31-20-24-10-6-5-7-11-24/h5-15,19,23,31H,4,16-18,20-22H2,1-3H3. The number of rotatable bonds is 13. The van der Waals surface area contributed by atoms with E-state index in [4.69, 9.17) is 9.72 Å². The SMILES string of the molecule is CCCn1c(CN(CC(C)C)C(=O)c2cccc(OCCNCc3ccccc3)c2)nc2cccnc21. The fourth-order valence-electron chi connectivity index (χ4n) is 4.39. The van der Waals surface area contributed by atoms with Crippen LogP contribution in [0.2, 0.25) is 0 Å². The van der Waals surface area contributed by atoms with Crippen molar-refractivity contribution in [3.8, 4) is 5.75 Å². The average molecular weight is 500 g/mol. The van der Waals surface area contributed by atoms with Crippen LogP contribution in [0, 0.1) is 5.92 Å². The molecule has 37 heavy (non-hydrogen) atoms. The molecule has 0 radical (unpaired) electrons. The highest BCUT2D eigenvalue weighted by molar-refractivity contribution is 5.94. The summed E-state index contributed by atoms with van der Waals surface area (Å²) >= 11 is 0. The summed E-state index contributed by atoms with van der Waals surface area (Å²) in [7, 11) is 0. The number of aromatic nitrogens is 3. The van der Waals surface area contributed by atoms with Crippen molar-refractivity contribution in [3.05, 3.63) is 89.9 Å². The van der Waals surface area contributed by atoms with Gasteiger partial charge < -0.3 is 19.5 Å². The second-order valence-electron chi connectivity index (χ2n) is 9.64. The van der Waals surface area contributed by atoms with Gasteiger partial charge in [-0.15, -0.1) is 0 Å². The minimum Gasteiger partial charge on any atom is -0.492 e. The highest BCUT2D eigenvalue weighted by atomic mass is 16.5. The third kappa shape index (κ3) is 7.17. The molecule has 4 rings (SSSR count). The monoisotopic (exact) mass is 499 g/mol. The van der Waals surface area contributed by atoms with Crippen LogP contribution in [-0.4, -0.2) is 45.0 Å². The summed E-state index contributed by atoms with van der Waals surface area (Å²) in [6, 6.07) is 21.6. The van der Waals surface area contributed by atoms with E-state index in [1.807, 2.05) is 59.5 Å². The highest BCUT2D eigenvalue weighted by Gasteiger charge is 2.21. The summed E-state index contributed by atoms with van der Waals surface area (Å²) in [5.74, 6) is 1.85. The lowest BCUT2D eigenvalue weighted by molar-refractivity contribution is 0.0715. The lowest BCUT2D eigenvalue weighted by atomic mass is 10.1. The fourth-order valence-corrected chi connectivity index (χ4v) is 4.39. The Morgan fingerprint density at radius 2 is 1.92 bits per heavy atom. The van der Waals surface area contributed by atoms with Gasteiger partial charge in [0, 0.05) is 37.9 Å². The van der Waals surface area contributed by atoms with Crippen molar-refractivity contribution in [1.82, 2.24) is 24.8 Å². The first-order valence-electron chi connectivity index (χ1n) is 13.1. The molecule has 0 aliphatic rings. The van der Waals surface area contributed by atoms with Gasteiger partial charge in [0.05, 0.1) is 6.54 Å². The Hall–Kier alpha value is -3.71. The first kappa shape index (κ1) is 26.4. The van der Waals surface area contributed by atoms with Crippen LogP contribution in [0.15, 0.2) is 72.9 Å². The molecule has 0 saturated carbocycles. The van der Waals surface area contributed by atoms with Gasteiger partial charge in [0.2, 0.25) is 0 Å². The molecule has 7 nitrogen and oxygen atoms in total. The second kappa shape index (κ2) is 13.0. The number of fused-ring (bicyclic) bond motifs is 1. The quantitative estimate of drug-likeness (QED) is 0.253. The maximum atomic E-state index is 13.7. The summed E-state index contributed by atoms with van der Waals surface area (Å²) in [6.07, 6.45) is 2.76. The van der Waals surface area contributed by atoms with Crippen LogP contribution in [0.1, 0.15) is 48.9 Å². The summed E-state index contributed by atoms with van der Waals surface area (Å²) in [5, 5.41) is 3.39. The molecule has 0 unspecified atom stereocenters. The van der Waals surface area contributed by atoms with Crippen molar-refractivity contribution in [3.63, 3.8) is 0 Å². The van der Waals surface area contributed by atoms with E-state index in [1.54, 1.807) is 6.20 Å². The van der Waals surface area contributed by atoms with Crippen molar-refractivity contribution in [2.75, 3.05) is 19.7 Å². The Morgan fingerprint density at radius 3 is 2.70 bits per heavy atom. The number of hydrogen-bond acceptors (Lipinski definition) is 5. The van der Waals surface area contributed by atoms with E-state index in [9.17, 15) is 4.79 Å². The van der Waals surface area contributed by atoms with Crippen molar-refractivity contribution >= 4 is 17.1 Å². The predicted molar refractivity (Wildman–Crippen MR) is 147 cm³/mol. The Kier molecular flexibility index (Phi) is 9.27. The zero-order valence-electron chi connectivity index (χ0n) is 22.1. The molecule has 194 valence electrons. The van der Waals surface area contributed by atoms with Gasteiger partial charge in [0.1, 0.15) is 23.7 Å². The number of hydrogen-bond donors (Lipinski definition) is 1. The van der Waals surface area contributed by atoms with Crippen LogP contribution in [0.25, 0.3) is 11.2 Å². The molecule has 1 N–H and O–H groups in total. The minimum atomic E-state index is -0.0237. The predicted octanol–water partition coefficient (Wildman–Crippen LogP) is 5.31. The second-order valence-corrected chi connectivity index (χ2v) is 9.64. The molecule has 0 aliphatic heterocycles. The number of pyridine rings is 1. The first-order valence-corrected chi connectivity index (χ1v) is 13.1. The topological polar surface area (TPSA) is 72.3 Å². The molecule has 2 aromatic carbocycles. The van der Waals surface area contributed by atoms with Gasteiger partial charge in [-0.1, -0.05) is 57.2 Å². The van der Waals surface area contributed by atoms with Crippen molar-refractivity contribution < 1.29 is 9.53 Å². The number of nitrogens with zero attached hydrogens (tertiary/aromatic N) is 4. The van der Waals surface area contributed by atoms with E-state index >= 15 is 0 Å².